The number of aliphatic imine (C=N–C) groups is 1. The maximum absolute atomic E-state index is 15.0. The third kappa shape index (κ3) is 11.1. The minimum Gasteiger partial charge on any atom is -0.385 e. The Hall–Kier alpha value is -5.36. The molecule has 4 nitrogen and oxygen atoms in total. The predicted molar refractivity (Wildman–Crippen MR) is 238 cm³/mol. The Morgan fingerprint density at radius 2 is 1.01 bits per heavy atom. The molecule has 0 bridgehead atoms. The Morgan fingerprint density at radius 1 is 0.574 bits per heavy atom. The van der Waals surface area contributed by atoms with Crippen molar-refractivity contribution in [2.45, 2.75) is 103 Å². The lowest BCUT2D eigenvalue weighted by molar-refractivity contribution is -0.295. The van der Waals surface area contributed by atoms with Crippen LogP contribution in [0.1, 0.15) is 94.0 Å². The Bertz CT molecular complexity index is 2620. The van der Waals surface area contributed by atoms with Crippen molar-refractivity contribution in [1.29, 1.82) is 0 Å². The molecule has 2 heterocycles. The molecule has 1 atom stereocenters. The first-order valence-electron chi connectivity index (χ1n) is 21.4. The molecule has 0 fully saturated rings. The number of aromatic nitrogens is 1. The number of allylic oxidation sites excluding steroid dienone is 1. The molecule has 5 aromatic rings. The lowest BCUT2D eigenvalue weighted by Crippen LogP contribution is -2.48. The molecule has 1 aromatic heterocycles. The number of hydrogen-bond acceptors (Lipinski definition) is 3. The van der Waals surface area contributed by atoms with Crippen LogP contribution < -0.4 is 0 Å². The van der Waals surface area contributed by atoms with Crippen molar-refractivity contribution >= 4 is 24.2 Å². The van der Waals surface area contributed by atoms with Gasteiger partial charge in [-0.25, -0.2) is 4.99 Å². The van der Waals surface area contributed by atoms with Crippen LogP contribution in [0.5, 0.6) is 0 Å². The van der Waals surface area contributed by atoms with E-state index in [1.807, 2.05) is 48.5 Å². The normalized spacial score (nSPS) is 15.3. The van der Waals surface area contributed by atoms with Gasteiger partial charge < -0.3 is 13.8 Å². The molecule has 1 unspecified atom stereocenters. The number of halogens is 13. The molecule has 6 rings (SSSR count). The maximum Gasteiger partial charge on any atom is 0.598 e. The highest BCUT2D eigenvalue weighted by molar-refractivity contribution is 6.44. The molecule has 68 heavy (non-hydrogen) atoms. The summed E-state index contributed by atoms with van der Waals surface area (Å²) in [4.78, 5) is 4.90. The fourth-order valence-electron chi connectivity index (χ4n) is 7.52. The summed E-state index contributed by atoms with van der Waals surface area (Å²) in [5.41, 5.74) is 1.89. The lowest BCUT2D eigenvalue weighted by atomic mass is 9.85. The Labute approximate surface area is 386 Å². The van der Waals surface area contributed by atoms with Gasteiger partial charge in [-0.1, -0.05) is 151 Å². The molecule has 0 N–H and O–H groups in total. The Morgan fingerprint density at radius 3 is 1.46 bits per heavy atom. The van der Waals surface area contributed by atoms with Crippen LogP contribution in [0.4, 0.5) is 57.1 Å². The van der Waals surface area contributed by atoms with E-state index in [1.54, 1.807) is 84.9 Å². The minimum atomic E-state index is -6.32. The van der Waals surface area contributed by atoms with Crippen molar-refractivity contribution in [3.63, 3.8) is 0 Å². The summed E-state index contributed by atoms with van der Waals surface area (Å²) >= 11 is 0. The third-order valence-corrected chi connectivity index (χ3v) is 11.6. The van der Waals surface area contributed by atoms with Crippen LogP contribution in [0.25, 0.3) is 33.7 Å². The highest BCUT2D eigenvalue weighted by Crippen LogP contribution is 2.48. The van der Waals surface area contributed by atoms with Crippen LogP contribution in [0.2, 0.25) is 0 Å². The third-order valence-electron chi connectivity index (χ3n) is 11.6. The van der Waals surface area contributed by atoms with Gasteiger partial charge in [0.25, 0.3) is 0 Å². The number of nitrogens with zero attached hydrogens (tertiary/aromatic N) is 2. The van der Waals surface area contributed by atoms with E-state index in [4.69, 9.17) is 14.3 Å². The van der Waals surface area contributed by atoms with Crippen molar-refractivity contribution in [2.75, 3.05) is 13.2 Å². The summed E-state index contributed by atoms with van der Waals surface area (Å²) in [7, 11) is -3.01. The van der Waals surface area contributed by atoms with E-state index >= 15 is 0 Å². The molecule has 0 aliphatic carbocycles. The molecule has 4 aromatic carbocycles. The second kappa shape index (κ2) is 18.5. The van der Waals surface area contributed by atoms with Gasteiger partial charge in [0.05, 0.1) is 17.3 Å². The van der Waals surface area contributed by atoms with Crippen molar-refractivity contribution < 1.29 is 66.4 Å². The molecular weight excluding hydrogens is 918 g/mol. The van der Waals surface area contributed by atoms with Gasteiger partial charge in [-0.05, 0) is 52.5 Å². The zero-order valence-corrected chi connectivity index (χ0v) is 38.2. The van der Waals surface area contributed by atoms with Crippen molar-refractivity contribution in [1.82, 2.24) is 4.48 Å². The molecule has 0 saturated carbocycles. The predicted octanol–water partition coefficient (Wildman–Crippen LogP) is 15.3. The quantitative estimate of drug-likeness (QED) is 0.0871. The van der Waals surface area contributed by atoms with E-state index in [9.17, 15) is 57.1 Å². The van der Waals surface area contributed by atoms with Gasteiger partial charge in [0.2, 0.25) is 0 Å². The van der Waals surface area contributed by atoms with Gasteiger partial charge in [-0.3, -0.25) is 0 Å². The number of rotatable bonds is 13. The lowest BCUT2D eigenvalue weighted by Gasteiger charge is -2.28. The summed E-state index contributed by atoms with van der Waals surface area (Å²) in [5, 5.41) is 0. The topological polar surface area (TPSA) is 35.8 Å². The molecule has 0 radical (unpaired) electrons. The number of hydrogen-bond donors (Lipinski definition) is 0. The van der Waals surface area contributed by atoms with Crippen molar-refractivity contribution in [2.24, 2.45) is 10.9 Å². The summed E-state index contributed by atoms with van der Waals surface area (Å²) in [5.74, 6) is -13.7. The summed E-state index contributed by atoms with van der Waals surface area (Å²) in [6, 6.07) is 27.4. The molecule has 1 aliphatic rings. The van der Waals surface area contributed by atoms with E-state index in [0.717, 1.165) is 23.6 Å². The fraction of sp³-hybridized carbons (Fsp3) is 0.380. The van der Waals surface area contributed by atoms with E-state index in [1.165, 1.54) is 18.2 Å². The standard InChI is InChI=1S/C50H48BF13N2O2/c1-29-13-15-33(16-14-29)41-36-11-9-10-12-37(36)42(65-41)39(25-30(2)48(56,57)58)43-38(31-17-21-34(22-18-31)44(3,4)5)26-40(32-19-23-35(24-20-32)45(6,7)8)66(43)51(67-27-46(52,53)49(59,60)61)68-28-47(54,55)50(62,63)64/h9-24,26,30H,25,27-28H2,1-8H3/b42-39-. The number of fused-ring (bicyclic) bond motifs is 1. The van der Waals surface area contributed by atoms with Gasteiger partial charge >= 0.3 is 37.6 Å². The van der Waals surface area contributed by atoms with Gasteiger partial charge in [-0.2, -0.15) is 57.1 Å². The van der Waals surface area contributed by atoms with Crippen LogP contribution in [-0.4, -0.2) is 61.0 Å². The zero-order valence-electron chi connectivity index (χ0n) is 38.2. The fourth-order valence-corrected chi connectivity index (χ4v) is 7.52. The summed E-state index contributed by atoms with van der Waals surface area (Å²) in [6.45, 7) is 8.63. The van der Waals surface area contributed by atoms with Crippen LogP contribution in [0, 0.1) is 12.8 Å². The molecular formula is C50H48BF13N2O2. The second-order valence-corrected chi connectivity index (χ2v) is 19.0. The molecule has 18 heteroatoms. The highest BCUT2D eigenvalue weighted by Gasteiger charge is 2.60. The summed E-state index contributed by atoms with van der Waals surface area (Å²) in [6.07, 6.45) is -18.6. The smallest absolute Gasteiger partial charge is 0.385 e. The molecule has 364 valence electrons. The van der Waals surface area contributed by atoms with Gasteiger partial charge in [0, 0.05) is 39.2 Å². The van der Waals surface area contributed by atoms with Crippen LogP contribution >= 0.6 is 0 Å². The zero-order chi connectivity index (χ0) is 50.6. The van der Waals surface area contributed by atoms with Crippen molar-refractivity contribution in [3.8, 4) is 22.4 Å². The first-order chi connectivity index (χ1) is 31.2. The van der Waals surface area contributed by atoms with Gasteiger partial charge in [-0.15, -0.1) is 0 Å². The van der Waals surface area contributed by atoms with Crippen LogP contribution in [0.15, 0.2) is 108 Å². The highest BCUT2D eigenvalue weighted by atomic mass is 19.4. The number of aryl methyl sites for hydroxylation is 1. The Kier molecular flexibility index (Phi) is 14.2. The second-order valence-electron chi connectivity index (χ2n) is 19.0. The molecule has 0 saturated heterocycles. The number of alkyl halides is 13. The van der Waals surface area contributed by atoms with Crippen LogP contribution in [-0.2, 0) is 20.1 Å². The van der Waals surface area contributed by atoms with E-state index in [0.29, 0.717) is 15.6 Å². The largest absolute Gasteiger partial charge is 0.598 e. The maximum atomic E-state index is 15.0. The van der Waals surface area contributed by atoms with Gasteiger partial charge in [0.15, 0.2) is 0 Å². The van der Waals surface area contributed by atoms with E-state index in [-0.39, 0.29) is 44.9 Å². The molecule has 0 spiro atoms. The van der Waals surface area contributed by atoms with Crippen molar-refractivity contribution in [3.05, 3.63) is 142 Å². The SMILES string of the molecule is Cc1ccc(C2=N/C(=C(/CC(C)C(F)(F)F)c3c(-c4ccc(C(C)(C)C)cc4)cc(-c4ccc(C(C)(C)C)cc4)n3B(OCC(F)(F)C(F)(F)F)OCC(F)(F)C(F)(F)F)c3ccccc32)cc1. The monoisotopic (exact) mass is 966 g/mol. The first kappa shape index (κ1) is 52.0. The first-order valence-corrected chi connectivity index (χ1v) is 21.4. The average molecular weight is 967 g/mol. The van der Waals surface area contributed by atoms with Gasteiger partial charge in [0.1, 0.15) is 13.2 Å². The number of benzene rings is 4. The van der Waals surface area contributed by atoms with E-state index in [2.05, 4.69) is 0 Å². The molecule has 1 aliphatic heterocycles. The van der Waals surface area contributed by atoms with E-state index < -0.39 is 79.7 Å². The summed E-state index contributed by atoms with van der Waals surface area (Å²) < 4.78 is 198. The van der Waals surface area contributed by atoms with Crippen LogP contribution in [0.3, 0.4) is 0 Å². The average Bonchev–Trinajstić information content (AvgIpc) is 3.81. The molecule has 0 amide bonds. The minimum absolute atomic E-state index is 0.0453. The Balaban J connectivity index is 1.82.